The van der Waals surface area contributed by atoms with Gasteiger partial charge < -0.3 is 10.5 Å². The average Bonchev–Trinajstić information content (AvgIpc) is 2.52. The molecule has 0 atom stereocenters. The SMILES string of the molecule is COC(=O)CCc1c(N)nc(/C=C/c2ccccc2)nc1Cl. The molecule has 5 nitrogen and oxygen atoms in total. The first-order chi connectivity index (χ1) is 10.6. The number of rotatable bonds is 5. The van der Waals surface area contributed by atoms with Gasteiger partial charge in [0.25, 0.3) is 0 Å². The van der Waals surface area contributed by atoms with Crippen molar-refractivity contribution in [1.29, 1.82) is 0 Å². The number of nitrogens with two attached hydrogens (primary N) is 1. The molecule has 0 unspecified atom stereocenters. The fraction of sp³-hybridized carbons (Fsp3) is 0.188. The van der Waals surface area contributed by atoms with Crippen LogP contribution in [0.25, 0.3) is 12.2 Å². The van der Waals surface area contributed by atoms with Crippen molar-refractivity contribution < 1.29 is 9.53 Å². The van der Waals surface area contributed by atoms with Gasteiger partial charge in [-0.15, -0.1) is 0 Å². The van der Waals surface area contributed by atoms with Crippen LogP contribution in [0, 0.1) is 0 Å². The van der Waals surface area contributed by atoms with Gasteiger partial charge in [-0.2, -0.15) is 0 Å². The number of carbonyl (C=O) groups excluding carboxylic acids is 1. The predicted octanol–water partition coefficient (Wildman–Crippen LogP) is 2.99. The van der Waals surface area contributed by atoms with Crippen LogP contribution in [-0.2, 0) is 16.0 Å². The largest absolute Gasteiger partial charge is 0.469 e. The summed E-state index contributed by atoms with van der Waals surface area (Å²) in [5.41, 5.74) is 7.48. The van der Waals surface area contributed by atoms with Gasteiger partial charge in [0.15, 0.2) is 5.82 Å². The normalized spacial score (nSPS) is 10.8. The highest BCUT2D eigenvalue weighted by Crippen LogP contribution is 2.21. The fourth-order valence-corrected chi connectivity index (χ4v) is 2.14. The molecule has 2 rings (SSSR count). The van der Waals surface area contributed by atoms with E-state index in [1.807, 2.05) is 36.4 Å². The van der Waals surface area contributed by atoms with E-state index in [4.69, 9.17) is 17.3 Å². The summed E-state index contributed by atoms with van der Waals surface area (Å²) in [5.74, 6) is 0.369. The number of halogens is 1. The Morgan fingerprint density at radius 2 is 2.00 bits per heavy atom. The first kappa shape index (κ1) is 16.0. The molecule has 114 valence electrons. The van der Waals surface area contributed by atoms with Crippen molar-refractivity contribution in [1.82, 2.24) is 9.97 Å². The van der Waals surface area contributed by atoms with Crippen molar-refractivity contribution in [3.63, 3.8) is 0 Å². The molecule has 0 bridgehead atoms. The second-order valence-electron chi connectivity index (χ2n) is 4.56. The van der Waals surface area contributed by atoms with Crippen molar-refractivity contribution in [3.8, 4) is 0 Å². The van der Waals surface area contributed by atoms with Crippen LogP contribution >= 0.6 is 11.6 Å². The van der Waals surface area contributed by atoms with E-state index in [2.05, 4.69) is 14.7 Å². The highest BCUT2D eigenvalue weighted by molar-refractivity contribution is 6.30. The number of ether oxygens (including phenoxy) is 1. The van der Waals surface area contributed by atoms with E-state index in [0.29, 0.717) is 17.8 Å². The maximum Gasteiger partial charge on any atom is 0.305 e. The second-order valence-corrected chi connectivity index (χ2v) is 4.91. The van der Waals surface area contributed by atoms with E-state index in [1.54, 1.807) is 6.08 Å². The minimum Gasteiger partial charge on any atom is -0.469 e. The summed E-state index contributed by atoms with van der Waals surface area (Å²) < 4.78 is 4.59. The summed E-state index contributed by atoms with van der Waals surface area (Å²) in [5, 5.41) is 0.254. The van der Waals surface area contributed by atoms with Crippen LogP contribution < -0.4 is 5.73 Å². The summed E-state index contributed by atoms with van der Waals surface area (Å²) in [6.07, 6.45) is 4.14. The Kier molecular flexibility index (Phi) is 5.49. The van der Waals surface area contributed by atoms with E-state index < -0.39 is 0 Å². The zero-order valence-electron chi connectivity index (χ0n) is 12.1. The Hall–Kier alpha value is -2.40. The molecule has 0 radical (unpaired) electrons. The third-order valence-electron chi connectivity index (χ3n) is 3.04. The smallest absolute Gasteiger partial charge is 0.305 e. The lowest BCUT2D eigenvalue weighted by Gasteiger charge is -2.07. The molecule has 1 aromatic carbocycles. The summed E-state index contributed by atoms with van der Waals surface area (Å²) in [6.45, 7) is 0. The summed E-state index contributed by atoms with van der Waals surface area (Å²) in [6, 6.07) is 9.76. The first-order valence-electron chi connectivity index (χ1n) is 6.72. The lowest BCUT2D eigenvalue weighted by molar-refractivity contribution is -0.140. The monoisotopic (exact) mass is 317 g/mol. The second kappa shape index (κ2) is 7.56. The van der Waals surface area contributed by atoms with Crippen LogP contribution in [0.5, 0.6) is 0 Å². The molecule has 1 aromatic heterocycles. The molecular formula is C16H16ClN3O2. The van der Waals surface area contributed by atoms with Crippen molar-refractivity contribution in [2.24, 2.45) is 0 Å². The van der Waals surface area contributed by atoms with E-state index >= 15 is 0 Å². The number of nitrogen functional groups attached to an aromatic ring is 1. The molecule has 2 aromatic rings. The first-order valence-corrected chi connectivity index (χ1v) is 7.10. The van der Waals surface area contributed by atoms with Crippen LogP contribution in [0.1, 0.15) is 23.4 Å². The molecule has 0 aliphatic rings. The summed E-state index contributed by atoms with van der Waals surface area (Å²) in [4.78, 5) is 19.6. The molecule has 0 aliphatic heterocycles. The number of aromatic nitrogens is 2. The molecule has 0 saturated carbocycles. The number of carbonyl (C=O) groups is 1. The van der Waals surface area contributed by atoms with Crippen molar-refractivity contribution >= 4 is 35.5 Å². The zero-order valence-corrected chi connectivity index (χ0v) is 12.9. The molecule has 0 fully saturated rings. The van der Waals surface area contributed by atoms with Gasteiger partial charge in [0.05, 0.1) is 7.11 Å². The third kappa shape index (κ3) is 4.30. The Morgan fingerprint density at radius 3 is 2.64 bits per heavy atom. The van der Waals surface area contributed by atoms with Gasteiger partial charge in [0.1, 0.15) is 11.0 Å². The van der Waals surface area contributed by atoms with Gasteiger partial charge in [-0.3, -0.25) is 4.79 Å². The molecule has 0 spiro atoms. The van der Waals surface area contributed by atoms with E-state index in [9.17, 15) is 4.79 Å². The Morgan fingerprint density at radius 1 is 1.27 bits per heavy atom. The molecule has 2 N–H and O–H groups in total. The lowest BCUT2D eigenvalue weighted by atomic mass is 10.1. The third-order valence-corrected chi connectivity index (χ3v) is 3.35. The Labute approximate surface area is 133 Å². The molecule has 1 heterocycles. The van der Waals surface area contributed by atoms with Gasteiger partial charge in [-0.05, 0) is 18.1 Å². The quantitative estimate of drug-likeness (QED) is 0.677. The number of hydrogen-bond donors (Lipinski definition) is 1. The number of anilines is 1. The van der Waals surface area contributed by atoms with Gasteiger partial charge in [0.2, 0.25) is 0 Å². The van der Waals surface area contributed by atoms with Crippen LogP contribution in [0.3, 0.4) is 0 Å². The molecule has 22 heavy (non-hydrogen) atoms. The number of hydrogen-bond acceptors (Lipinski definition) is 5. The molecule has 6 heteroatoms. The maximum atomic E-state index is 11.2. The summed E-state index contributed by atoms with van der Waals surface area (Å²) in [7, 11) is 1.33. The van der Waals surface area contributed by atoms with Crippen molar-refractivity contribution in [2.45, 2.75) is 12.8 Å². The standard InChI is InChI=1S/C16H16ClN3O2/c1-22-14(21)10-8-12-15(17)19-13(20-16(12)18)9-7-11-5-3-2-4-6-11/h2-7,9H,8,10H2,1H3,(H2,18,19,20)/b9-7+. The van der Waals surface area contributed by atoms with Crippen molar-refractivity contribution in [3.05, 3.63) is 52.4 Å². The van der Waals surface area contributed by atoms with E-state index in [-0.39, 0.29) is 23.4 Å². The molecule has 0 aliphatic carbocycles. The molecule has 0 amide bonds. The highest BCUT2D eigenvalue weighted by atomic mass is 35.5. The minimum absolute atomic E-state index is 0.184. The highest BCUT2D eigenvalue weighted by Gasteiger charge is 2.12. The van der Waals surface area contributed by atoms with Gasteiger partial charge in [-0.1, -0.05) is 48.0 Å². The van der Waals surface area contributed by atoms with Crippen LogP contribution in [0.15, 0.2) is 30.3 Å². The van der Waals surface area contributed by atoms with Gasteiger partial charge >= 0.3 is 5.97 Å². The number of methoxy groups -OCH3 is 1. The Bertz CT molecular complexity index is 664. The number of esters is 1. The zero-order chi connectivity index (χ0) is 15.9. The molecular weight excluding hydrogens is 302 g/mol. The topological polar surface area (TPSA) is 78.1 Å². The average molecular weight is 318 g/mol. The summed E-state index contributed by atoms with van der Waals surface area (Å²) >= 11 is 6.13. The van der Waals surface area contributed by atoms with Crippen LogP contribution in [0.2, 0.25) is 5.15 Å². The van der Waals surface area contributed by atoms with E-state index in [0.717, 1.165) is 5.56 Å². The number of benzene rings is 1. The maximum absolute atomic E-state index is 11.2. The van der Waals surface area contributed by atoms with Crippen LogP contribution in [0.4, 0.5) is 5.82 Å². The predicted molar refractivity (Wildman–Crippen MR) is 87.2 cm³/mol. The minimum atomic E-state index is -0.330. The lowest BCUT2D eigenvalue weighted by Crippen LogP contribution is -2.07. The van der Waals surface area contributed by atoms with Gasteiger partial charge in [-0.25, -0.2) is 9.97 Å². The molecule has 0 saturated heterocycles. The van der Waals surface area contributed by atoms with Gasteiger partial charge in [0, 0.05) is 12.0 Å². The Balaban J connectivity index is 2.15. The fourth-order valence-electron chi connectivity index (χ4n) is 1.86. The number of nitrogens with zero attached hydrogens (tertiary/aromatic N) is 2. The van der Waals surface area contributed by atoms with Crippen LogP contribution in [-0.4, -0.2) is 23.0 Å². The van der Waals surface area contributed by atoms with E-state index in [1.165, 1.54) is 7.11 Å². The van der Waals surface area contributed by atoms with Crippen molar-refractivity contribution in [2.75, 3.05) is 12.8 Å².